The molecule has 1 amide bonds. The molecule has 15 atom stereocenters. The Balaban J connectivity index is 1.65. The standard InChI is InChI=1S/C50H65NO23/c1-10-61-48-39(51-26(2)52)43(64-22-35-19-15-12-16-20-35)40(36(70-48)23-60-21-34-17-13-11-14-18-34)73-49-47(69-33(9)59)45(67-31(7)57)42(38(72-49)25-63-28(4)54)74-50-46(68-32(8)58)44(66-30(6)56)41(65-29(5)55)37(71-50)24-62-27(3)53/h11-20,36-50H,10,21-25H2,1-9H3,(H,51,52)/t36-,37-,38-,39+,40-,41+,42+,43-,44+,45+,46-,47-,48+,49+,50+/m1/s1. The maximum atomic E-state index is 13.2. The fourth-order valence-corrected chi connectivity index (χ4v) is 8.47. The van der Waals surface area contributed by atoms with E-state index in [4.69, 9.17) is 71.1 Å². The molecule has 0 saturated carbocycles. The van der Waals surface area contributed by atoms with E-state index in [-0.39, 0.29) is 26.4 Å². The summed E-state index contributed by atoms with van der Waals surface area (Å²) in [5, 5.41) is 2.87. The largest absolute Gasteiger partial charge is 0.463 e. The van der Waals surface area contributed by atoms with E-state index < -0.39 is 153 Å². The van der Waals surface area contributed by atoms with Crippen LogP contribution in [-0.2, 0) is 123 Å². The molecule has 0 radical (unpaired) electrons. The Morgan fingerprint density at radius 3 is 1.27 bits per heavy atom. The number of rotatable bonds is 23. The van der Waals surface area contributed by atoms with Crippen molar-refractivity contribution < 1.29 is 109 Å². The zero-order chi connectivity index (χ0) is 54.1. The Kier molecular flexibility index (Phi) is 22.7. The van der Waals surface area contributed by atoms with Crippen LogP contribution in [0.25, 0.3) is 0 Å². The first-order chi connectivity index (χ1) is 35.2. The van der Waals surface area contributed by atoms with Gasteiger partial charge in [0.05, 0.1) is 19.8 Å². The van der Waals surface area contributed by atoms with Crippen molar-refractivity contribution in [2.45, 2.75) is 168 Å². The summed E-state index contributed by atoms with van der Waals surface area (Å²) in [4.78, 5) is 102. The summed E-state index contributed by atoms with van der Waals surface area (Å²) < 4.78 is 90.8. The lowest BCUT2D eigenvalue weighted by molar-refractivity contribution is -0.377. The lowest BCUT2D eigenvalue weighted by Crippen LogP contribution is -2.69. The van der Waals surface area contributed by atoms with E-state index in [1.807, 2.05) is 60.7 Å². The molecule has 1 N–H and O–H groups in total. The first-order valence-corrected chi connectivity index (χ1v) is 23.8. The molecular formula is C50H65NO23. The van der Waals surface area contributed by atoms with Gasteiger partial charge in [0, 0.05) is 62.0 Å². The lowest BCUT2D eigenvalue weighted by atomic mass is 9.94. The zero-order valence-corrected chi connectivity index (χ0v) is 42.6. The minimum atomic E-state index is -1.92. The second-order valence-electron chi connectivity index (χ2n) is 17.2. The van der Waals surface area contributed by atoms with Crippen LogP contribution in [0.5, 0.6) is 0 Å². The fourth-order valence-electron chi connectivity index (χ4n) is 8.47. The molecule has 3 aliphatic rings. The van der Waals surface area contributed by atoms with Gasteiger partial charge >= 0.3 is 41.8 Å². The van der Waals surface area contributed by atoms with Crippen molar-refractivity contribution in [2.75, 3.05) is 26.4 Å². The molecule has 0 unspecified atom stereocenters. The number of benzene rings is 2. The van der Waals surface area contributed by atoms with Gasteiger partial charge in [0.25, 0.3) is 0 Å². The van der Waals surface area contributed by atoms with Crippen LogP contribution in [0.1, 0.15) is 73.4 Å². The molecule has 3 saturated heterocycles. The third kappa shape index (κ3) is 17.5. The van der Waals surface area contributed by atoms with Crippen LogP contribution in [0.3, 0.4) is 0 Å². The second kappa shape index (κ2) is 28.5. The second-order valence-corrected chi connectivity index (χ2v) is 17.2. The summed E-state index contributed by atoms with van der Waals surface area (Å²) in [6.07, 6.45) is -22.0. The van der Waals surface area contributed by atoms with E-state index in [1.165, 1.54) is 6.92 Å². The molecule has 74 heavy (non-hydrogen) atoms. The molecule has 24 nitrogen and oxygen atoms in total. The molecule has 408 valence electrons. The van der Waals surface area contributed by atoms with Gasteiger partial charge in [-0.1, -0.05) is 60.7 Å². The van der Waals surface area contributed by atoms with Crippen molar-refractivity contribution in [2.24, 2.45) is 0 Å². The molecule has 5 rings (SSSR count). The average Bonchev–Trinajstić information content (AvgIpc) is 3.32. The first-order valence-electron chi connectivity index (χ1n) is 23.8. The predicted molar refractivity (Wildman–Crippen MR) is 247 cm³/mol. The fraction of sp³-hybridized carbons (Fsp3) is 0.600. The monoisotopic (exact) mass is 1050 g/mol. The number of hydrogen-bond donors (Lipinski definition) is 1. The molecule has 2 aromatic rings. The van der Waals surface area contributed by atoms with Crippen LogP contribution in [0, 0.1) is 0 Å². The highest BCUT2D eigenvalue weighted by atomic mass is 16.8. The highest BCUT2D eigenvalue weighted by Gasteiger charge is 2.59. The van der Waals surface area contributed by atoms with E-state index in [0.29, 0.717) is 0 Å². The summed E-state index contributed by atoms with van der Waals surface area (Å²) in [5.41, 5.74) is 1.55. The maximum absolute atomic E-state index is 13.2. The third-order valence-corrected chi connectivity index (χ3v) is 11.2. The Hall–Kier alpha value is -6.12. The highest BCUT2D eigenvalue weighted by molar-refractivity contribution is 5.73. The number of nitrogens with one attached hydrogen (secondary N) is 1. The van der Waals surface area contributed by atoms with Crippen LogP contribution >= 0.6 is 0 Å². The van der Waals surface area contributed by atoms with Crippen molar-refractivity contribution in [3.8, 4) is 0 Å². The van der Waals surface area contributed by atoms with E-state index in [1.54, 1.807) is 6.92 Å². The molecular weight excluding hydrogens is 983 g/mol. The smallest absolute Gasteiger partial charge is 0.303 e. The Labute approximate surface area is 427 Å². The van der Waals surface area contributed by atoms with Crippen molar-refractivity contribution in [1.82, 2.24) is 5.32 Å². The molecule has 2 aromatic carbocycles. The van der Waals surface area contributed by atoms with Gasteiger partial charge in [-0.2, -0.15) is 0 Å². The molecule has 0 aliphatic carbocycles. The van der Waals surface area contributed by atoms with E-state index in [0.717, 1.165) is 59.6 Å². The van der Waals surface area contributed by atoms with Gasteiger partial charge < -0.3 is 76.4 Å². The summed E-state index contributed by atoms with van der Waals surface area (Å²) >= 11 is 0. The summed E-state index contributed by atoms with van der Waals surface area (Å²) in [5.74, 6) is -6.79. The summed E-state index contributed by atoms with van der Waals surface area (Å²) in [7, 11) is 0. The van der Waals surface area contributed by atoms with Gasteiger partial charge in [-0.05, 0) is 18.1 Å². The van der Waals surface area contributed by atoms with Crippen molar-refractivity contribution in [3.63, 3.8) is 0 Å². The van der Waals surface area contributed by atoms with Crippen LogP contribution in [-0.4, -0.2) is 166 Å². The normalized spacial score (nSPS) is 29.6. The number of esters is 7. The van der Waals surface area contributed by atoms with Gasteiger partial charge in [-0.15, -0.1) is 0 Å². The SMILES string of the molecule is CCO[C@H]1O[C@H](COCc2ccccc2)[C@@H](O[C@@H]2O[C@H](COC(C)=O)[C@H](O[C@@H]3O[C@H](COC(C)=O)[C@H](OC(C)=O)[C@H](OC(C)=O)[C@H]3OC(C)=O)[C@H](OC(C)=O)[C@H]2OC(C)=O)[C@H](OCc2ccccc2)[C@@H]1NC(C)=O. The van der Waals surface area contributed by atoms with Crippen LogP contribution in [0.4, 0.5) is 0 Å². The number of amides is 1. The average molecular weight is 1050 g/mol. The Morgan fingerprint density at radius 2 is 0.824 bits per heavy atom. The summed E-state index contributed by atoms with van der Waals surface area (Å²) in [6.45, 7) is 9.10. The van der Waals surface area contributed by atoms with Crippen molar-refractivity contribution in [1.29, 1.82) is 0 Å². The van der Waals surface area contributed by atoms with Crippen LogP contribution in [0.15, 0.2) is 60.7 Å². The van der Waals surface area contributed by atoms with E-state index >= 15 is 0 Å². The maximum Gasteiger partial charge on any atom is 0.303 e. The topological polar surface area (TPSA) is 287 Å². The number of hydrogen-bond acceptors (Lipinski definition) is 23. The van der Waals surface area contributed by atoms with Gasteiger partial charge in [0.15, 0.2) is 49.4 Å². The Morgan fingerprint density at radius 1 is 0.432 bits per heavy atom. The van der Waals surface area contributed by atoms with Crippen LogP contribution in [0.2, 0.25) is 0 Å². The van der Waals surface area contributed by atoms with Crippen molar-refractivity contribution >= 4 is 47.7 Å². The van der Waals surface area contributed by atoms with Crippen molar-refractivity contribution in [3.05, 3.63) is 71.8 Å². The van der Waals surface area contributed by atoms with Gasteiger partial charge in [0.1, 0.15) is 55.9 Å². The molecule has 0 aromatic heterocycles. The highest BCUT2D eigenvalue weighted by Crippen LogP contribution is 2.38. The van der Waals surface area contributed by atoms with Gasteiger partial charge in [-0.3, -0.25) is 38.4 Å². The van der Waals surface area contributed by atoms with Gasteiger partial charge in [-0.25, -0.2) is 0 Å². The molecule has 0 bridgehead atoms. The van der Waals surface area contributed by atoms with Crippen LogP contribution < -0.4 is 5.32 Å². The van der Waals surface area contributed by atoms with Gasteiger partial charge in [0.2, 0.25) is 5.91 Å². The Bertz CT molecular complexity index is 2200. The number of ether oxygens (including phenoxy) is 15. The molecule has 0 spiro atoms. The summed E-state index contributed by atoms with van der Waals surface area (Å²) in [6, 6.07) is 17.2. The molecule has 24 heteroatoms. The lowest BCUT2D eigenvalue weighted by Gasteiger charge is -2.51. The molecule has 3 heterocycles. The molecule has 3 aliphatic heterocycles. The third-order valence-electron chi connectivity index (χ3n) is 11.2. The quantitative estimate of drug-likeness (QED) is 0.123. The van der Waals surface area contributed by atoms with E-state index in [9.17, 15) is 38.4 Å². The number of carbonyl (C=O) groups is 8. The molecule has 3 fully saturated rings. The first kappa shape index (κ1) is 58.8. The zero-order valence-electron chi connectivity index (χ0n) is 42.6. The predicted octanol–water partition coefficient (Wildman–Crippen LogP) is 2.06. The minimum absolute atomic E-state index is 0.0339. The number of carbonyl (C=O) groups excluding carboxylic acids is 8. The van der Waals surface area contributed by atoms with E-state index in [2.05, 4.69) is 5.32 Å². The minimum Gasteiger partial charge on any atom is -0.463 e.